The Hall–Kier alpha value is -2.93. The fraction of sp³-hybridized carbons (Fsp3) is 0.458. The van der Waals surface area contributed by atoms with Crippen molar-refractivity contribution in [2.24, 2.45) is 0 Å². The highest BCUT2D eigenvalue weighted by Crippen LogP contribution is 2.35. The zero-order chi connectivity index (χ0) is 21.0. The molecule has 0 N–H and O–H groups in total. The zero-order valence-corrected chi connectivity index (χ0v) is 18.1. The Bertz CT molecular complexity index is 959. The molecule has 5 rings (SSSR count). The number of hydrogen-bond donors (Lipinski definition) is 0. The molecule has 0 bridgehead atoms. The first-order valence-corrected chi connectivity index (χ1v) is 11.3. The van der Waals surface area contributed by atoms with E-state index in [0.29, 0.717) is 6.04 Å². The molecule has 1 saturated carbocycles. The zero-order valence-electron chi connectivity index (χ0n) is 18.1. The van der Waals surface area contributed by atoms with Gasteiger partial charge in [0.15, 0.2) is 5.82 Å². The molecule has 0 unspecified atom stereocenters. The lowest BCUT2D eigenvalue weighted by atomic mass is 10.0. The molecule has 0 spiro atoms. The van der Waals surface area contributed by atoms with E-state index < -0.39 is 0 Å². The average Bonchev–Trinajstić information content (AvgIpc) is 3.53. The van der Waals surface area contributed by atoms with Crippen molar-refractivity contribution in [3.05, 3.63) is 66.0 Å². The lowest BCUT2D eigenvalue weighted by molar-refractivity contribution is 0.197. The molecule has 2 fully saturated rings. The van der Waals surface area contributed by atoms with Gasteiger partial charge in [0.1, 0.15) is 5.75 Å². The molecule has 2 heterocycles. The molecular formula is C24H30N6O. The molecule has 7 heteroatoms. The van der Waals surface area contributed by atoms with Crippen molar-refractivity contribution in [1.29, 1.82) is 0 Å². The van der Waals surface area contributed by atoms with Crippen molar-refractivity contribution in [3.8, 4) is 5.75 Å². The maximum atomic E-state index is 5.39. The number of anilines is 1. The SMILES string of the molecule is COc1ccc([C@H](c2nnnn2C2CCCC2)N2CCN(c3ccccc3)CC2)cc1. The number of methoxy groups -OCH3 is 1. The third kappa shape index (κ3) is 4.14. The fourth-order valence-corrected chi connectivity index (χ4v) is 4.98. The van der Waals surface area contributed by atoms with Gasteiger partial charge in [-0.1, -0.05) is 43.2 Å². The second-order valence-corrected chi connectivity index (χ2v) is 8.45. The van der Waals surface area contributed by atoms with Gasteiger partial charge in [0.2, 0.25) is 0 Å². The van der Waals surface area contributed by atoms with E-state index in [2.05, 4.69) is 72.5 Å². The molecule has 1 atom stereocenters. The van der Waals surface area contributed by atoms with Gasteiger partial charge in [-0.15, -0.1) is 5.10 Å². The summed E-state index contributed by atoms with van der Waals surface area (Å²) in [4.78, 5) is 4.99. The number of tetrazole rings is 1. The van der Waals surface area contributed by atoms with Crippen LogP contribution in [0.5, 0.6) is 5.75 Å². The minimum atomic E-state index is 0.0411. The minimum Gasteiger partial charge on any atom is -0.497 e. The van der Waals surface area contributed by atoms with Gasteiger partial charge in [-0.3, -0.25) is 4.90 Å². The van der Waals surface area contributed by atoms with E-state index in [1.807, 2.05) is 12.1 Å². The molecule has 1 aliphatic heterocycles. The van der Waals surface area contributed by atoms with Gasteiger partial charge in [-0.2, -0.15) is 0 Å². The van der Waals surface area contributed by atoms with Gasteiger partial charge in [0, 0.05) is 31.9 Å². The third-order valence-electron chi connectivity index (χ3n) is 6.67. The Morgan fingerprint density at radius 2 is 1.61 bits per heavy atom. The number of ether oxygens (including phenoxy) is 1. The van der Waals surface area contributed by atoms with Gasteiger partial charge >= 0.3 is 0 Å². The quantitative estimate of drug-likeness (QED) is 0.608. The van der Waals surface area contributed by atoms with E-state index >= 15 is 0 Å². The van der Waals surface area contributed by atoms with Crippen LogP contribution in [-0.2, 0) is 0 Å². The van der Waals surface area contributed by atoms with Crippen LogP contribution in [0.2, 0.25) is 0 Å². The molecule has 3 aromatic rings. The van der Waals surface area contributed by atoms with E-state index in [1.165, 1.54) is 24.1 Å². The summed E-state index contributed by atoms with van der Waals surface area (Å²) in [6.07, 6.45) is 4.84. The number of benzene rings is 2. The molecular weight excluding hydrogens is 388 g/mol. The molecule has 0 radical (unpaired) electrons. The number of aromatic nitrogens is 4. The third-order valence-corrected chi connectivity index (χ3v) is 6.67. The monoisotopic (exact) mass is 418 g/mol. The second kappa shape index (κ2) is 9.06. The van der Waals surface area contributed by atoms with E-state index in [0.717, 1.165) is 50.6 Å². The summed E-state index contributed by atoms with van der Waals surface area (Å²) in [6, 6.07) is 19.5. The largest absolute Gasteiger partial charge is 0.497 e. The number of hydrogen-bond acceptors (Lipinski definition) is 6. The maximum absolute atomic E-state index is 5.39. The molecule has 162 valence electrons. The van der Waals surface area contributed by atoms with Crippen LogP contribution >= 0.6 is 0 Å². The first kappa shape index (κ1) is 20.0. The first-order valence-electron chi connectivity index (χ1n) is 11.3. The van der Waals surface area contributed by atoms with Crippen molar-refractivity contribution in [1.82, 2.24) is 25.1 Å². The van der Waals surface area contributed by atoms with Gasteiger partial charge in [0.25, 0.3) is 0 Å². The summed E-state index contributed by atoms with van der Waals surface area (Å²) in [5.41, 5.74) is 2.50. The summed E-state index contributed by atoms with van der Waals surface area (Å²) in [6.45, 7) is 3.90. The van der Waals surface area contributed by atoms with Crippen LogP contribution in [0.4, 0.5) is 5.69 Å². The summed E-state index contributed by atoms with van der Waals surface area (Å²) in [7, 11) is 1.70. The fourth-order valence-electron chi connectivity index (χ4n) is 4.98. The van der Waals surface area contributed by atoms with Crippen LogP contribution in [0.1, 0.15) is 49.2 Å². The van der Waals surface area contributed by atoms with Crippen molar-refractivity contribution in [3.63, 3.8) is 0 Å². The lowest BCUT2D eigenvalue weighted by Gasteiger charge is -2.40. The Labute approximate surface area is 183 Å². The molecule has 1 aromatic heterocycles. The molecule has 1 aliphatic carbocycles. The summed E-state index contributed by atoms with van der Waals surface area (Å²) in [5, 5.41) is 13.1. The van der Waals surface area contributed by atoms with Crippen LogP contribution in [0.3, 0.4) is 0 Å². The summed E-state index contributed by atoms with van der Waals surface area (Å²) < 4.78 is 7.49. The van der Waals surface area contributed by atoms with Gasteiger partial charge in [0.05, 0.1) is 19.2 Å². The van der Waals surface area contributed by atoms with Crippen LogP contribution in [0.25, 0.3) is 0 Å². The second-order valence-electron chi connectivity index (χ2n) is 8.45. The van der Waals surface area contributed by atoms with Crippen molar-refractivity contribution < 1.29 is 4.74 Å². The topological polar surface area (TPSA) is 59.3 Å². The average molecular weight is 419 g/mol. The number of piperazine rings is 1. The van der Waals surface area contributed by atoms with Crippen LogP contribution in [-0.4, -0.2) is 58.4 Å². The van der Waals surface area contributed by atoms with Crippen LogP contribution < -0.4 is 9.64 Å². The summed E-state index contributed by atoms with van der Waals surface area (Å²) in [5.74, 6) is 1.83. The highest BCUT2D eigenvalue weighted by atomic mass is 16.5. The molecule has 1 saturated heterocycles. The smallest absolute Gasteiger partial charge is 0.173 e. The summed E-state index contributed by atoms with van der Waals surface area (Å²) >= 11 is 0. The highest BCUT2D eigenvalue weighted by Gasteiger charge is 2.33. The molecule has 31 heavy (non-hydrogen) atoms. The Balaban J connectivity index is 1.43. The number of para-hydroxylation sites is 1. The molecule has 2 aromatic carbocycles. The Morgan fingerprint density at radius 3 is 2.29 bits per heavy atom. The minimum absolute atomic E-state index is 0.0411. The van der Waals surface area contributed by atoms with Crippen LogP contribution in [0, 0.1) is 0 Å². The van der Waals surface area contributed by atoms with E-state index in [9.17, 15) is 0 Å². The normalized spacial score (nSPS) is 18.9. The van der Waals surface area contributed by atoms with Crippen molar-refractivity contribution in [2.75, 3.05) is 38.2 Å². The predicted octanol–water partition coefficient (Wildman–Crippen LogP) is 3.71. The molecule has 2 aliphatic rings. The van der Waals surface area contributed by atoms with E-state index in [1.54, 1.807) is 7.11 Å². The van der Waals surface area contributed by atoms with Gasteiger partial charge in [-0.05, 0) is 53.1 Å². The van der Waals surface area contributed by atoms with Crippen molar-refractivity contribution >= 4 is 5.69 Å². The van der Waals surface area contributed by atoms with Crippen LogP contribution in [0.15, 0.2) is 54.6 Å². The van der Waals surface area contributed by atoms with Gasteiger partial charge < -0.3 is 9.64 Å². The van der Waals surface area contributed by atoms with E-state index in [-0.39, 0.29) is 6.04 Å². The van der Waals surface area contributed by atoms with E-state index in [4.69, 9.17) is 4.74 Å². The van der Waals surface area contributed by atoms with Gasteiger partial charge in [-0.25, -0.2) is 4.68 Å². The number of nitrogens with zero attached hydrogens (tertiary/aromatic N) is 6. The first-order chi connectivity index (χ1) is 15.3. The Kier molecular flexibility index (Phi) is 5.84. The Morgan fingerprint density at radius 1 is 0.903 bits per heavy atom. The highest BCUT2D eigenvalue weighted by molar-refractivity contribution is 5.46. The molecule has 0 amide bonds. The maximum Gasteiger partial charge on any atom is 0.173 e. The lowest BCUT2D eigenvalue weighted by Crippen LogP contribution is -2.48. The standard InChI is InChI=1S/C24H30N6O/c1-31-22-13-11-19(12-14-22)23(24-25-26-27-30(24)21-9-5-6-10-21)29-17-15-28(16-18-29)20-7-3-2-4-8-20/h2-4,7-8,11-14,21,23H,5-6,9-10,15-18H2,1H3/t23-/m1/s1. The number of rotatable bonds is 6. The predicted molar refractivity (Wildman–Crippen MR) is 120 cm³/mol. The van der Waals surface area contributed by atoms with Crippen molar-refractivity contribution in [2.45, 2.75) is 37.8 Å². The molecule has 7 nitrogen and oxygen atoms in total.